The van der Waals surface area contributed by atoms with Gasteiger partial charge in [-0.1, -0.05) is 39.7 Å². The Morgan fingerprint density at radius 1 is 1.14 bits per heavy atom. The molecule has 0 aliphatic rings. The number of hydrogen-bond acceptors (Lipinski definition) is 3. The molecule has 1 unspecified atom stereocenters. The third-order valence-electron chi connectivity index (χ3n) is 3.53. The van der Waals surface area contributed by atoms with E-state index in [-0.39, 0.29) is 6.04 Å². The van der Waals surface area contributed by atoms with Gasteiger partial charge in [0.2, 0.25) is 0 Å². The van der Waals surface area contributed by atoms with Gasteiger partial charge in [-0.3, -0.25) is 5.84 Å². The minimum atomic E-state index is -0.171. The standard InChI is InChI=1S/C16H18BrClN2O/c1-9-7-15(21-3)10(2)6-13(9)16(20-19)12-5-4-11(17)8-14(12)18/h4-8,16,20H,19H2,1-3H3. The van der Waals surface area contributed by atoms with Crippen molar-refractivity contribution in [3.05, 3.63) is 62.1 Å². The van der Waals surface area contributed by atoms with E-state index >= 15 is 0 Å². The fourth-order valence-electron chi connectivity index (χ4n) is 2.43. The predicted molar refractivity (Wildman–Crippen MR) is 90.8 cm³/mol. The lowest BCUT2D eigenvalue weighted by molar-refractivity contribution is 0.411. The number of nitrogens with one attached hydrogen (secondary N) is 1. The van der Waals surface area contributed by atoms with Crippen molar-refractivity contribution >= 4 is 27.5 Å². The van der Waals surface area contributed by atoms with Crippen molar-refractivity contribution < 1.29 is 4.74 Å². The van der Waals surface area contributed by atoms with E-state index in [9.17, 15) is 0 Å². The van der Waals surface area contributed by atoms with Gasteiger partial charge in [0.25, 0.3) is 0 Å². The summed E-state index contributed by atoms with van der Waals surface area (Å²) in [4.78, 5) is 0. The van der Waals surface area contributed by atoms with E-state index in [0.717, 1.165) is 32.5 Å². The van der Waals surface area contributed by atoms with Crippen LogP contribution in [0.3, 0.4) is 0 Å². The monoisotopic (exact) mass is 368 g/mol. The lowest BCUT2D eigenvalue weighted by Gasteiger charge is -2.22. The zero-order valence-electron chi connectivity index (χ0n) is 12.2. The maximum absolute atomic E-state index is 6.35. The van der Waals surface area contributed by atoms with Gasteiger partial charge in [0.05, 0.1) is 13.2 Å². The largest absolute Gasteiger partial charge is 0.496 e. The van der Waals surface area contributed by atoms with Crippen molar-refractivity contribution in [2.75, 3.05) is 7.11 Å². The molecule has 0 heterocycles. The fourth-order valence-corrected chi connectivity index (χ4v) is 3.21. The molecule has 0 aliphatic heterocycles. The molecule has 0 aromatic heterocycles. The number of rotatable bonds is 4. The van der Waals surface area contributed by atoms with Gasteiger partial charge < -0.3 is 4.74 Å². The number of benzene rings is 2. The molecular formula is C16H18BrClN2O. The summed E-state index contributed by atoms with van der Waals surface area (Å²) in [7, 11) is 1.67. The lowest BCUT2D eigenvalue weighted by atomic mass is 9.93. The number of hydrazine groups is 1. The van der Waals surface area contributed by atoms with E-state index < -0.39 is 0 Å². The zero-order chi connectivity index (χ0) is 15.6. The first-order chi connectivity index (χ1) is 9.97. The predicted octanol–water partition coefficient (Wildman–Crippen LogP) is 4.28. The molecule has 0 saturated heterocycles. The van der Waals surface area contributed by atoms with Crippen LogP contribution in [0.5, 0.6) is 5.75 Å². The van der Waals surface area contributed by atoms with Crippen LogP contribution in [0.4, 0.5) is 0 Å². The highest BCUT2D eigenvalue weighted by Gasteiger charge is 2.19. The molecule has 0 aliphatic carbocycles. The van der Waals surface area contributed by atoms with Gasteiger partial charge in [-0.15, -0.1) is 0 Å². The molecule has 0 radical (unpaired) electrons. The van der Waals surface area contributed by atoms with Crippen LogP contribution in [0.25, 0.3) is 0 Å². The van der Waals surface area contributed by atoms with Crippen molar-refractivity contribution in [2.24, 2.45) is 5.84 Å². The second-order valence-corrected chi connectivity index (χ2v) is 6.27. The third-order valence-corrected chi connectivity index (χ3v) is 4.36. The Morgan fingerprint density at radius 3 is 2.43 bits per heavy atom. The quantitative estimate of drug-likeness (QED) is 0.624. The van der Waals surface area contributed by atoms with Gasteiger partial charge in [-0.25, -0.2) is 5.43 Å². The van der Waals surface area contributed by atoms with Crippen molar-refractivity contribution in [1.82, 2.24) is 5.43 Å². The van der Waals surface area contributed by atoms with Crippen LogP contribution >= 0.6 is 27.5 Å². The molecule has 0 bridgehead atoms. The smallest absolute Gasteiger partial charge is 0.122 e. The molecule has 112 valence electrons. The van der Waals surface area contributed by atoms with Crippen LogP contribution < -0.4 is 16.0 Å². The van der Waals surface area contributed by atoms with Crippen molar-refractivity contribution in [2.45, 2.75) is 19.9 Å². The summed E-state index contributed by atoms with van der Waals surface area (Å²) in [5.74, 6) is 6.65. The SMILES string of the molecule is COc1cc(C)c(C(NN)c2ccc(Br)cc2Cl)cc1C. The zero-order valence-corrected chi connectivity index (χ0v) is 14.5. The summed E-state index contributed by atoms with van der Waals surface area (Å²) in [6.45, 7) is 4.05. The first kappa shape index (κ1) is 16.3. The summed E-state index contributed by atoms with van der Waals surface area (Å²) in [6.07, 6.45) is 0. The molecule has 2 rings (SSSR count). The second-order valence-electron chi connectivity index (χ2n) is 4.94. The van der Waals surface area contributed by atoms with Crippen LogP contribution in [0.2, 0.25) is 5.02 Å². The molecule has 5 heteroatoms. The maximum atomic E-state index is 6.35. The number of hydrogen-bond donors (Lipinski definition) is 2. The first-order valence-corrected chi connectivity index (χ1v) is 7.71. The Hall–Kier alpha value is -1.07. The number of nitrogens with two attached hydrogens (primary N) is 1. The first-order valence-electron chi connectivity index (χ1n) is 6.54. The summed E-state index contributed by atoms with van der Waals surface area (Å²) in [5, 5.41) is 0.667. The summed E-state index contributed by atoms with van der Waals surface area (Å²) < 4.78 is 6.29. The maximum Gasteiger partial charge on any atom is 0.122 e. The molecule has 0 spiro atoms. The Balaban J connectivity index is 2.53. The molecule has 0 amide bonds. The highest BCUT2D eigenvalue weighted by Crippen LogP contribution is 2.34. The average molecular weight is 370 g/mol. The highest BCUT2D eigenvalue weighted by atomic mass is 79.9. The van der Waals surface area contributed by atoms with Crippen LogP contribution in [0, 0.1) is 13.8 Å². The van der Waals surface area contributed by atoms with Crippen LogP contribution in [0.15, 0.2) is 34.8 Å². The molecule has 2 aromatic rings. The van der Waals surface area contributed by atoms with Gasteiger partial charge in [0.1, 0.15) is 5.75 Å². The number of ether oxygens (including phenoxy) is 1. The van der Waals surface area contributed by atoms with Crippen molar-refractivity contribution in [3.63, 3.8) is 0 Å². The van der Waals surface area contributed by atoms with Crippen molar-refractivity contribution in [1.29, 1.82) is 0 Å². The van der Waals surface area contributed by atoms with Crippen LogP contribution in [-0.2, 0) is 0 Å². The molecule has 1 atom stereocenters. The summed E-state index contributed by atoms with van der Waals surface area (Å²) >= 11 is 9.77. The molecule has 3 N–H and O–H groups in total. The van der Waals surface area contributed by atoms with Crippen molar-refractivity contribution in [3.8, 4) is 5.75 Å². The van der Waals surface area contributed by atoms with Crippen LogP contribution in [0.1, 0.15) is 28.3 Å². The average Bonchev–Trinajstić information content (AvgIpc) is 2.45. The van der Waals surface area contributed by atoms with Gasteiger partial charge in [-0.05, 0) is 54.3 Å². The van der Waals surface area contributed by atoms with E-state index in [1.54, 1.807) is 7.11 Å². The van der Waals surface area contributed by atoms with Gasteiger partial charge in [0, 0.05) is 9.50 Å². The molecule has 3 nitrogen and oxygen atoms in total. The minimum Gasteiger partial charge on any atom is -0.496 e. The Bertz CT molecular complexity index is 661. The van der Waals surface area contributed by atoms with Gasteiger partial charge in [-0.2, -0.15) is 0 Å². The Kier molecular flexibility index (Phi) is 5.27. The summed E-state index contributed by atoms with van der Waals surface area (Å²) in [5.41, 5.74) is 7.04. The second kappa shape index (κ2) is 6.79. The fraction of sp³-hybridized carbons (Fsp3) is 0.250. The normalized spacial score (nSPS) is 12.3. The Labute approximate surface area is 138 Å². The minimum absolute atomic E-state index is 0.171. The summed E-state index contributed by atoms with van der Waals surface area (Å²) in [6, 6.07) is 9.72. The number of halogens is 2. The molecule has 2 aromatic carbocycles. The van der Waals surface area contributed by atoms with Crippen LogP contribution in [-0.4, -0.2) is 7.11 Å². The number of aryl methyl sites for hydroxylation is 2. The van der Waals surface area contributed by atoms with E-state index in [4.69, 9.17) is 22.2 Å². The van der Waals surface area contributed by atoms with E-state index in [1.807, 2.05) is 38.1 Å². The molecule has 0 saturated carbocycles. The third kappa shape index (κ3) is 3.40. The highest BCUT2D eigenvalue weighted by molar-refractivity contribution is 9.10. The van der Waals surface area contributed by atoms with E-state index in [2.05, 4.69) is 27.4 Å². The lowest BCUT2D eigenvalue weighted by Crippen LogP contribution is -2.29. The van der Waals surface area contributed by atoms with Gasteiger partial charge in [0.15, 0.2) is 0 Å². The van der Waals surface area contributed by atoms with E-state index in [1.165, 1.54) is 0 Å². The molecule has 0 fully saturated rings. The molecular weight excluding hydrogens is 352 g/mol. The number of methoxy groups -OCH3 is 1. The van der Waals surface area contributed by atoms with E-state index in [0.29, 0.717) is 5.02 Å². The topological polar surface area (TPSA) is 47.3 Å². The Morgan fingerprint density at radius 2 is 1.86 bits per heavy atom. The molecule has 21 heavy (non-hydrogen) atoms. The van der Waals surface area contributed by atoms with Gasteiger partial charge >= 0.3 is 0 Å².